The molecule has 0 aromatic heterocycles. The molecule has 0 radical (unpaired) electrons. The Hall–Kier alpha value is -1.21. The molecule has 5 aliphatic carbocycles. The van der Waals surface area contributed by atoms with Crippen LogP contribution in [0.1, 0.15) is 107 Å². The van der Waals surface area contributed by atoms with Gasteiger partial charge in [0.1, 0.15) is 0 Å². The van der Waals surface area contributed by atoms with E-state index in [1.165, 1.54) is 31.3 Å². The number of hydrogen-bond donors (Lipinski definition) is 0. The first-order valence-electron chi connectivity index (χ1n) is 14.1. The first-order chi connectivity index (χ1) is 15.8. The second-order valence-corrected chi connectivity index (χ2v) is 14.7. The van der Waals surface area contributed by atoms with E-state index in [0.717, 1.165) is 31.6 Å². The van der Waals surface area contributed by atoms with Gasteiger partial charge >= 0.3 is 0 Å². The number of rotatable bonds is 1. The minimum atomic E-state index is -0.417. The van der Waals surface area contributed by atoms with Crippen molar-refractivity contribution in [1.82, 2.24) is 0 Å². The van der Waals surface area contributed by atoms with Crippen LogP contribution in [0.3, 0.4) is 0 Å². The molecule has 0 bridgehead atoms. The number of aliphatic imine (C=N–C) groups is 1. The van der Waals surface area contributed by atoms with Crippen molar-refractivity contribution < 1.29 is 9.59 Å². The normalized spacial score (nSPS) is 56.7. The Morgan fingerprint density at radius 3 is 2.29 bits per heavy atom. The highest BCUT2D eigenvalue weighted by molar-refractivity contribution is 5.95. The van der Waals surface area contributed by atoms with E-state index in [2.05, 4.69) is 66.5 Å². The zero-order chi connectivity index (χ0) is 24.9. The molecule has 0 saturated heterocycles. The van der Waals surface area contributed by atoms with E-state index in [1.54, 1.807) is 0 Å². The van der Waals surface area contributed by atoms with Crippen molar-refractivity contribution in [2.75, 3.05) is 0 Å². The molecular formula is C31H47NO2. The summed E-state index contributed by atoms with van der Waals surface area (Å²) in [4.78, 5) is 30.3. The summed E-state index contributed by atoms with van der Waals surface area (Å²) in [5, 5.41) is 0. The standard InChI is InChI=1S/C31H47NO2/c1-19-9-12-27(4)15-16-29(6)22(25(27)21(19)3)17-23(34)26-28(5)13-10-20(2)31(8,32-18-33)24(28)11-14-30(26,29)7/h17,19-21,24-26H,9-16H2,1-8H3/t19-,20-,21+,24?,25?,26?,27-,28+,29-,30-,31+/m1/s1. The highest BCUT2D eigenvalue weighted by Gasteiger charge is 2.70. The lowest BCUT2D eigenvalue weighted by molar-refractivity contribution is -0.182. The van der Waals surface area contributed by atoms with E-state index < -0.39 is 5.54 Å². The summed E-state index contributed by atoms with van der Waals surface area (Å²) in [6, 6.07) is 0. The second kappa shape index (κ2) is 7.41. The lowest BCUT2D eigenvalue weighted by Gasteiger charge is -2.70. The number of nitrogens with zero attached hydrogens (tertiary/aromatic N) is 1. The highest BCUT2D eigenvalue weighted by Crippen LogP contribution is 2.74. The molecule has 4 fully saturated rings. The number of ketones is 1. The lowest BCUT2D eigenvalue weighted by atomic mass is 9.33. The second-order valence-electron chi connectivity index (χ2n) is 14.7. The largest absolute Gasteiger partial charge is 0.295 e. The van der Waals surface area contributed by atoms with Gasteiger partial charge in [-0.2, -0.15) is 4.99 Å². The van der Waals surface area contributed by atoms with E-state index in [1.807, 2.05) is 6.08 Å². The van der Waals surface area contributed by atoms with Crippen molar-refractivity contribution in [2.45, 2.75) is 112 Å². The van der Waals surface area contributed by atoms with E-state index in [-0.39, 0.29) is 28.1 Å². The van der Waals surface area contributed by atoms with Crippen LogP contribution < -0.4 is 0 Å². The number of allylic oxidation sites excluding steroid dienone is 2. The van der Waals surface area contributed by atoms with Crippen molar-refractivity contribution in [2.24, 2.45) is 62.2 Å². The summed E-state index contributed by atoms with van der Waals surface area (Å²) in [5.41, 5.74) is 1.34. The molecule has 0 aromatic carbocycles. The molecule has 0 aliphatic heterocycles. The number of carbonyl (C=O) groups excluding carboxylic acids is 2. The highest BCUT2D eigenvalue weighted by atomic mass is 16.1. The predicted molar refractivity (Wildman–Crippen MR) is 137 cm³/mol. The van der Waals surface area contributed by atoms with Crippen LogP contribution in [0.5, 0.6) is 0 Å². The van der Waals surface area contributed by atoms with Gasteiger partial charge in [-0.25, -0.2) is 4.79 Å². The Morgan fingerprint density at radius 1 is 0.912 bits per heavy atom. The van der Waals surface area contributed by atoms with Crippen LogP contribution in [0.2, 0.25) is 0 Å². The molecule has 3 unspecified atom stereocenters. The molecule has 0 spiro atoms. The van der Waals surface area contributed by atoms with Gasteiger partial charge in [-0.1, -0.05) is 54.0 Å². The van der Waals surface area contributed by atoms with Crippen LogP contribution in [-0.4, -0.2) is 17.4 Å². The molecule has 3 nitrogen and oxygen atoms in total. The maximum Gasteiger partial charge on any atom is 0.235 e. The van der Waals surface area contributed by atoms with Crippen LogP contribution >= 0.6 is 0 Å². The van der Waals surface area contributed by atoms with Gasteiger partial charge in [0, 0.05) is 5.92 Å². The number of fused-ring (bicyclic) bond motifs is 7. The molecule has 5 rings (SSSR count). The van der Waals surface area contributed by atoms with Gasteiger partial charge in [0.25, 0.3) is 0 Å². The van der Waals surface area contributed by atoms with Gasteiger partial charge in [-0.15, -0.1) is 0 Å². The van der Waals surface area contributed by atoms with Crippen molar-refractivity contribution in [3.8, 4) is 0 Å². The van der Waals surface area contributed by atoms with Gasteiger partial charge in [-0.3, -0.25) is 4.79 Å². The molecule has 5 aliphatic rings. The molecule has 4 saturated carbocycles. The van der Waals surface area contributed by atoms with Crippen LogP contribution in [-0.2, 0) is 9.59 Å². The van der Waals surface area contributed by atoms with E-state index in [4.69, 9.17) is 0 Å². The number of carbonyl (C=O) groups is 1. The fourth-order valence-electron chi connectivity index (χ4n) is 10.8. The Bertz CT molecular complexity index is 978. The van der Waals surface area contributed by atoms with Crippen molar-refractivity contribution in [3.63, 3.8) is 0 Å². The van der Waals surface area contributed by atoms with Gasteiger partial charge in [-0.05, 0) is 116 Å². The molecule has 3 heteroatoms. The molecule has 0 amide bonds. The van der Waals surface area contributed by atoms with Gasteiger partial charge in [0.15, 0.2) is 5.78 Å². The minimum Gasteiger partial charge on any atom is -0.295 e. The zero-order valence-corrected chi connectivity index (χ0v) is 23.0. The molecule has 0 heterocycles. The first kappa shape index (κ1) is 24.5. The predicted octanol–water partition coefficient (Wildman–Crippen LogP) is 7.55. The third kappa shape index (κ3) is 2.80. The van der Waals surface area contributed by atoms with Crippen LogP contribution in [0, 0.1) is 57.2 Å². The summed E-state index contributed by atoms with van der Waals surface area (Å²) in [6.45, 7) is 19.2. The monoisotopic (exact) mass is 465 g/mol. The Morgan fingerprint density at radius 2 is 1.62 bits per heavy atom. The Balaban J connectivity index is 1.65. The average molecular weight is 466 g/mol. The summed E-state index contributed by atoms with van der Waals surface area (Å²) in [5.74, 6) is 2.87. The zero-order valence-electron chi connectivity index (χ0n) is 23.0. The third-order valence-corrected chi connectivity index (χ3v) is 13.5. The number of hydrogen-bond acceptors (Lipinski definition) is 3. The lowest BCUT2D eigenvalue weighted by Crippen LogP contribution is -2.67. The fourth-order valence-corrected chi connectivity index (χ4v) is 10.8. The summed E-state index contributed by atoms with van der Waals surface area (Å²) < 4.78 is 0. The average Bonchev–Trinajstić information content (AvgIpc) is 2.76. The summed E-state index contributed by atoms with van der Waals surface area (Å²) >= 11 is 0. The molecule has 34 heavy (non-hydrogen) atoms. The van der Waals surface area contributed by atoms with E-state index in [9.17, 15) is 9.59 Å². The summed E-state index contributed by atoms with van der Waals surface area (Å²) in [7, 11) is 0. The molecule has 188 valence electrons. The van der Waals surface area contributed by atoms with Gasteiger partial charge in [0.05, 0.1) is 5.54 Å². The summed E-state index contributed by atoms with van der Waals surface area (Å²) in [6.07, 6.45) is 13.4. The molecule has 0 N–H and O–H groups in total. The van der Waals surface area contributed by atoms with E-state index in [0.29, 0.717) is 29.0 Å². The van der Waals surface area contributed by atoms with Crippen LogP contribution in [0.4, 0.5) is 0 Å². The topological polar surface area (TPSA) is 46.5 Å². The van der Waals surface area contributed by atoms with Crippen LogP contribution in [0.25, 0.3) is 0 Å². The Labute approximate surface area is 207 Å². The van der Waals surface area contributed by atoms with Crippen molar-refractivity contribution in [3.05, 3.63) is 11.6 Å². The molecular weight excluding hydrogens is 418 g/mol. The number of isocyanates is 1. The van der Waals surface area contributed by atoms with Crippen LogP contribution in [0.15, 0.2) is 16.6 Å². The SMILES string of the molecule is C[C@@H]1CC[C@]2(C)CC[C@]3(C)C(=CC(=O)C4[C@@]5(C)CC[C@@H](C)[C@](C)(N=C=O)C5CC[C@]43C)C2[C@H]1C. The smallest absolute Gasteiger partial charge is 0.235 e. The molecule has 0 aromatic rings. The quantitative estimate of drug-likeness (QED) is 0.296. The fraction of sp³-hybridized carbons (Fsp3) is 0.871. The van der Waals surface area contributed by atoms with Crippen molar-refractivity contribution in [1.29, 1.82) is 0 Å². The van der Waals surface area contributed by atoms with E-state index >= 15 is 0 Å². The van der Waals surface area contributed by atoms with Gasteiger partial charge < -0.3 is 0 Å². The first-order valence-corrected chi connectivity index (χ1v) is 14.1. The Kier molecular flexibility index (Phi) is 5.33. The maximum absolute atomic E-state index is 14.3. The maximum atomic E-state index is 14.3. The van der Waals surface area contributed by atoms with Gasteiger partial charge in [0.2, 0.25) is 6.08 Å². The van der Waals surface area contributed by atoms with Crippen molar-refractivity contribution >= 4 is 11.9 Å². The third-order valence-electron chi connectivity index (χ3n) is 13.5. The minimum absolute atomic E-state index is 0.0156. The molecule has 11 atom stereocenters.